The number of halogens is 3. The highest BCUT2D eigenvalue weighted by atomic mass is 19.1. The first-order valence-electron chi connectivity index (χ1n) is 9.73. The Hall–Kier alpha value is -3.42. The minimum Gasteiger partial charge on any atom is -0.368 e. The number of unbranched alkanes of at least 4 members (excludes halogenated alkanes) is 1. The molecule has 0 bridgehead atoms. The van der Waals surface area contributed by atoms with Crippen molar-refractivity contribution in [3.63, 3.8) is 0 Å². The van der Waals surface area contributed by atoms with Crippen molar-refractivity contribution in [2.75, 3.05) is 11.9 Å². The summed E-state index contributed by atoms with van der Waals surface area (Å²) in [5.41, 5.74) is 0.891. The molecule has 1 N–H and O–H groups in total. The maximum atomic E-state index is 14.7. The van der Waals surface area contributed by atoms with Gasteiger partial charge in [0, 0.05) is 17.5 Å². The van der Waals surface area contributed by atoms with Gasteiger partial charge in [0.05, 0.1) is 12.7 Å². The third-order valence-electron chi connectivity index (χ3n) is 4.78. The Kier molecular flexibility index (Phi) is 5.65. The van der Waals surface area contributed by atoms with Gasteiger partial charge in [0.2, 0.25) is 0 Å². The van der Waals surface area contributed by atoms with E-state index in [0.29, 0.717) is 23.2 Å². The number of fused-ring (bicyclic) bond motifs is 1. The van der Waals surface area contributed by atoms with Crippen LogP contribution in [0.4, 0.5) is 19.0 Å². The van der Waals surface area contributed by atoms with Crippen LogP contribution in [0.2, 0.25) is 0 Å². The fraction of sp³-hybridized carbons (Fsp3) is 0.227. The summed E-state index contributed by atoms with van der Waals surface area (Å²) >= 11 is 0. The Labute approximate surface area is 171 Å². The van der Waals surface area contributed by atoms with Gasteiger partial charge in [-0.1, -0.05) is 43.7 Å². The summed E-state index contributed by atoms with van der Waals surface area (Å²) in [5.74, 6) is -1.23. The molecule has 0 saturated carbocycles. The molecule has 8 heteroatoms. The molecule has 2 heterocycles. The molecule has 0 aliphatic heterocycles. The van der Waals surface area contributed by atoms with E-state index in [1.165, 1.54) is 16.8 Å². The molecule has 0 aliphatic carbocycles. The van der Waals surface area contributed by atoms with Crippen molar-refractivity contribution in [1.82, 2.24) is 19.7 Å². The van der Waals surface area contributed by atoms with Gasteiger partial charge in [0.15, 0.2) is 17.5 Å². The van der Waals surface area contributed by atoms with Crippen molar-refractivity contribution < 1.29 is 13.2 Å². The molecule has 0 aliphatic rings. The maximum Gasteiger partial charge on any atom is 0.183 e. The van der Waals surface area contributed by atoms with Gasteiger partial charge in [-0.15, -0.1) is 0 Å². The summed E-state index contributed by atoms with van der Waals surface area (Å²) in [6, 6.07) is 10.8. The molecule has 0 saturated heterocycles. The first-order valence-corrected chi connectivity index (χ1v) is 9.73. The van der Waals surface area contributed by atoms with Crippen molar-refractivity contribution >= 4 is 16.7 Å². The fourth-order valence-electron chi connectivity index (χ4n) is 3.25. The molecule has 30 heavy (non-hydrogen) atoms. The molecular weight excluding hydrogens is 391 g/mol. The summed E-state index contributed by atoms with van der Waals surface area (Å²) in [5, 5.41) is 7.88. The van der Waals surface area contributed by atoms with Crippen molar-refractivity contribution in [3.8, 4) is 11.5 Å². The van der Waals surface area contributed by atoms with E-state index in [1.54, 1.807) is 30.3 Å². The van der Waals surface area contributed by atoms with Crippen LogP contribution in [0.3, 0.4) is 0 Å². The minimum absolute atomic E-state index is 0.0346. The fourth-order valence-corrected chi connectivity index (χ4v) is 3.25. The summed E-state index contributed by atoms with van der Waals surface area (Å²) in [4.78, 5) is 8.32. The lowest BCUT2D eigenvalue weighted by Crippen LogP contribution is -2.07. The lowest BCUT2D eigenvalue weighted by molar-refractivity contribution is 0.581. The van der Waals surface area contributed by atoms with Crippen LogP contribution >= 0.6 is 0 Å². The molecule has 0 radical (unpaired) electrons. The highest BCUT2D eigenvalue weighted by molar-refractivity contribution is 5.92. The normalized spacial score (nSPS) is 11.2. The second-order valence-corrected chi connectivity index (χ2v) is 6.90. The summed E-state index contributed by atoms with van der Waals surface area (Å²) < 4.78 is 44.3. The van der Waals surface area contributed by atoms with E-state index in [4.69, 9.17) is 0 Å². The van der Waals surface area contributed by atoms with Gasteiger partial charge in [-0.05, 0) is 18.6 Å². The van der Waals surface area contributed by atoms with E-state index in [-0.39, 0.29) is 23.7 Å². The Bertz CT molecular complexity index is 1190. The molecule has 0 fully saturated rings. The van der Waals surface area contributed by atoms with Crippen molar-refractivity contribution in [2.45, 2.75) is 26.3 Å². The Morgan fingerprint density at radius 1 is 0.967 bits per heavy atom. The van der Waals surface area contributed by atoms with E-state index in [9.17, 15) is 13.2 Å². The molecule has 0 atom stereocenters. The van der Waals surface area contributed by atoms with Gasteiger partial charge in [0.1, 0.15) is 22.8 Å². The number of hydrogen-bond donors (Lipinski definition) is 1. The maximum absolute atomic E-state index is 14.7. The van der Waals surface area contributed by atoms with Crippen LogP contribution in [0.25, 0.3) is 22.4 Å². The molecule has 5 nitrogen and oxygen atoms in total. The number of hydrogen-bond acceptors (Lipinski definition) is 4. The quantitative estimate of drug-likeness (QED) is 0.426. The van der Waals surface area contributed by atoms with Crippen molar-refractivity contribution in [2.24, 2.45) is 0 Å². The molecule has 0 unspecified atom stereocenters. The number of anilines is 1. The second-order valence-electron chi connectivity index (χ2n) is 6.90. The summed E-state index contributed by atoms with van der Waals surface area (Å²) in [7, 11) is 0. The van der Waals surface area contributed by atoms with E-state index in [2.05, 4.69) is 20.4 Å². The topological polar surface area (TPSA) is 55.6 Å². The van der Waals surface area contributed by atoms with E-state index in [0.717, 1.165) is 19.0 Å². The highest BCUT2D eigenvalue weighted by Gasteiger charge is 2.19. The van der Waals surface area contributed by atoms with Crippen LogP contribution in [-0.2, 0) is 6.54 Å². The zero-order valence-corrected chi connectivity index (χ0v) is 16.4. The SMILES string of the molecule is CCCCNc1nc(-c2nn(Cc3ccccc3F)c3c(F)cccc23)ncc1F. The average molecular weight is 411 g/mol. The van der Waals surface area contributed by atoms with Crippen LogP contribution < -0.4 is 5.32 Å². The predicted octanol–water partition coefficient (Wildman–Crippen LogP) is 5.17. The first-order chi connectivity index (χ1) is 14.6. The van der Waals surface area contributed by atoms with Gasteiger partial charge in [-0.3, -0.25) is 4.68 Å². The molecule has 0 amide bonds. The van der Waals surface area contributed by atoms with E-state index in [1.807, 2.05) is 6.92 Å². The van der Waals surface area contributed by atoms with E-state index < -0.39 is 17.5 Å². The van der Waals surface area contributed by atoms with Crippen molar-refractivity contribution in [1.29, 1.82) is 0 Å². The van der Waals surface area contributed by atoms with Gasteiger partial charge in [-0.2, -0.15) is 5.10 Å². The number of rotatable bonds is 7. The predicted molar refractivity (Wildman–Crippen MR) is 110 cm³/mol. The van der Waals surface area contributed by atoms with Crippen LogP contribution in [0.5, 0.6) is 0 Å². The smallest absolute Gasteiger partial charge is 0.183 e. The molecule has 154 valence electrons. The van der Waals surface area contributed by atoms with Gasteiger partial charge < -0.3 is 5.32 Å². The number of para-hydroxylation sites is 1. The minimum atomic E-state index is -0.573. The van der Waals surface area contributed by atoms with Gasteiger partial charge >= 0.3 is 0 Å². The molecule has 4 aromatic rings. The largest absolute Gasteiger partial charge is 0.368 e. The molecule has 2 aromatic heterocycles. The monoisotopic (exact) mass is 411 g/mol. The number of benzene rings is 2. The lowest BCUT2D eigenvalue weighted by Gasteiger charge is -2.07. The first kappa shape index (κ1) is 19.9. The highest BCUT2D eigenvalue weighted by Crippen LogP contribution is 2.29. The number of nitrogens with zero attached hydrogens (tertiary/aromatic N) is 4. The third kappa shape index (κ3) is 3.85. The Morgan fingerprint density at radius 2 is 1.77 bits per heavy atom. The molecule has 4 rings (SSSR count). The number of aromatic nitrogens is 4. The van der Waals surface area contributed by atoms with Crippen LogP contribution in [0, 0.1) is 17.5 Å². The second kappa shape index (κ2) is 8.52. The zero-order chi connectivity index (χ0) is 21.1. The Balaban J connectivity index is 1.80. The van der Waals surface area contributed by atoms with Crippen LogP contribution in [0.15, 0.2) is 48.7 Å². The molecule has 0 spiro atoms. The van der Waals surface area contributed by atoms with Gasteiger partial charge in [-0.25, -0.2) is 23.1 Å². The van der Waals surface area contributed by atoms with E-state index >= 15 is 0 Å². The standard InChI is InChI=1S/C22H20F3N5/c1-2-3-11-26-21-18(25)12-27-22(28-21)19-15-8-6-10-17(24)20(15)30(29-19)13-14-7-4-5-9-16(14)23/h4-10,12H,2-3,11,13H2,1H3,(H,26,27,28). The zero-order valence-electron chi connectivity index (χ0n) is 16.4. The lowest BCUT2D eigenvalue weighted by atomic mass is 10.2. The molecular formula is C22H20F3N5. The average Bonchev–Trinajstić information content (AvgIpc) is 3.11. The third-order valence-corrected chi connectivity index (χ3v) is 4.78. The molecule has 2 aromatic carbocycles. The summed E-state index contributed by atoms with van der Waals surface area (Å²) in [6.07, 6.45) is 2.89. The number of nitrogens with one attached hydrogen (secondary N) is 1. The Morgan fingerprint density at radius 3 is 2.57 bits per heavy atom. The van der Waals surface area contributed by atoms with Gasteiger partial charge in [0.25, 0.3) is 0 Å². The van der Waals surface area contributed by atoms with Crippen LogP contribution in [0.1, 0.15) is 25.3 Å². The van der Waals surface area contributed by atoms with Crippen LogP contribution in [-0.4, -0.2) is 26.3 Å². The summed E-state index contributed by atoms with van der Waals surface area (Å²) in [6.45, 7) is 2.64. The van der Waals surface area contributed by atoms with Crippen molar-refractivity contribution in [3.05, 3.63) is 71.7 Å².